The standard InChI is InChI=1S/C23H30N2O5S/c1-17-15-21(29-4)18(2)19(3)22(17)31(27,28)25-12-8-11-24(13-14-25)23(26)30-16-20-9-6-5-7-10-20/h5-7,9-10,15H,8,11-14,16H2,1-4H3. The summed E-state index contributed by atoms with van der Waals surface area (Å²) in [6.07, 6.45) is 0.128. The molecule has 2 aromatic rings. The first-order chi connectivity index (χ1) is 14.8. The lowest BCUT2D eigenvalue weighted by molar-refractivity contribution is 0.0980. The van der Waals surface area contributed by atoms with Crippen molar-refractivity contribution in [2.45, 2.75) is 38.7 Å². The van der Waals surface area contributed by atoms with Gasteiger partial charge in [0.1, 0.15) is 12.4 Å². The minimum absolute atomic E-state index is 0.196. The zero-order valence-electron chi connectivity index (χ0n) is 18.6. The molecule has 0 aliphatic carbocycles. The van der Waals surface area contributed by atoms with Crippen LogP contribution in [0.15, 0.2) is 41.3 Å². The lowest BCUT2D eigenvalue weighted by Crippen LogP contribution is -2.38. The van der Waals surface area contributed by atoms with Crippen LogP contribution < -0.4 is 4.74 Å². The first kappa shape index (κ1) is 23.1. The average Bonchev–Trinajstić information content (AvgIpc) is 3.02. The molecule has 168 valence electrons. The van der Waals surface area contributed by atoms with Gasteiger partial charge in [0.05, 0.1) is 12.0 Å². The molecule has 1 aliphatic heterocycles. The quantitative estimate of drug-likeness (QED) is 0.701. The maximum absolute atomic E-state index is 13.5. The van der Waals surface area contributed by atoms with Crippen LogP contribution in [0.25, 0.3) is 0 Å². The van der Waals surface area contributed by atoms with Crippen LogP contribution >= 0.6 is 0 Å². The lowest BCUT2D eigenvalue weighted by Gasteiger charge is -2.24. The van der Waals surface area contributed by atoms with E-state index in [9.17, 15) is 13.2 Å². The summed E-state index contributed by atoms with van der Waals surface area (Å²) in [6, 6.07) is 11.2. The molecule has 0 unspecified atom stereocenters. The zero-order valence-corrected chi connectivity index (χ0v) is 19.4. The van der Waals surface area contributed by atoms with E-state index in [0.29, 0.717) is 47.8 Å². The van der Waals surface area contributed by atoms with Gasteiger partial charge in [0, 0.05) is 26.2 Å². The third-order valence-electron chi connectivity index (χ3n) is 5.71. The Morgan fingerprint density at radius 1 is 1.00 bits per heavy atom. The van der Waals surface area contributed by atoms with Crippen LogP contribution in [-0.2, 0) is 21.4 Å². The first-order valence-electron chi connectivity index (χ1n) is 10.4. The Hall–Kier alpha value is -2.58. The van der Waals surface area contributed by atoms with Gasteiger partial charge >= 0.3 is 6.09 Å². The lowest BCUT2D eigenvalue weighted by atomic mass is 10.1. The van der Waals surface area contributed by atoms with E-state index in [4.69, 9.17) is 9.47 Å². The Kier molecular flexibility index (Phi) is 7.23. The minimum atomic E-state index is -3.70. The molecule has 0 radical (unpaired) electrons. The number of rotatable bonds is 5. The van der Waals surface area contributed by atoms with Gasteiger partial charge in [-0.25, -0.2) is 13.2 Å². The highest BCUT2D eigenvalue weighted by Crippen LogP contribution is 2.32. The second kappa shape index (κ2) is 9.70. The number of carbonyl (C=O) groups excluding carboxylic acids is 1. The van der Waals surface area contributed by atoms with Gasteiger partial charge in [-0.15, -0.1) is 0 Å². The smallest absolute Gasteiger partial charge is 0.410 e. The number of sulfonamides is 1. The van der Waals surface area contributed by atoms with Gasteiger partial charge < -0.3 is 14.4 Å². The molecule has 0 N–H and O–H groups in total. The van der Waals surface area contributed by atoms with Crippen LogP contribution in [-0.4, -0.2) is 57.0 Å². The summed E-state index contributed by atoms with van der Waals surface area (Å²) in [5.41, 5.74) is 3.08. The first-order valence-corrected chi connectivity index (χ1v) is 11.8. The molecule has 1 amide bonds. The van der Waals surface area contributed by atoms with Crippen molar-refractivity contribution in [3.05, 3.63) is 58.7 Å². The summed E-state index contributed by atoms with van der Waals surface area (Å²) in [4.78, 5) is 14.4. The Morgan fingerprint density at radius 3 is 2.39 bits per heavy atom. The van der Waals surface area contributed by atoms with Gasteiger partial charge in [-0.1, -0.05) is 30.3 Å². The molecule has 7 nitrogen and oxygen atoms in total. The summed E-state index contributed by atoms with van der Waals surface area (Å²) in [5, 5.41) is 0. The summed E-state index contributed by atoms with van der Waals surface area (Å²) in [5.74, 6) is 0.678. The van der Waals surface area contributed by atoms with E-state index < -0.39 is 16.1 Å². The number of benzene rings is 2. The highest BCUT2D eigenvalue weighted by molar-refractivity contribution is 7.89. The van der Waals surface area contributed by atoms with Gasteiger partial charge in [-0.2, -0.15) is 4.31 Å². The molecule has 0 bridgehead atoms. The number of ether oxygens (including phenoxy) is 2. The van der Waals surface area contributed by atoms with E-state index in [-0.39, 0.29) is 13.2 Å². The second-order valence-electron chi connectivity index (χ2n) is 7.76. The number of nitrogens with zero attached hydrogens (tertiary/aromatic N) is 2. The zero-order chi connectivity index (χ0) is 22.6. The fourth-order valence-electron chi connectivity index (χ4n) is 3.89. The van der Waals surface area contributed by atoms with Crippen LogP contribution in [0.5, 0.6) is 5.75 Å². The molecule has 1 fully saturated rings. The minimum Gasteiger partial charge on any atom is -0.496 e. The third-order valence-corrected chi connectivity index (χ3v) is 7.90. The predicted molar refractivity (Wildman–Crippen MR) is 119 cm³/mol. The molecule has 1 heterocycles. The molecular weight excluding hydrogens is 416 g/mol. The number of hydrogen-bond donors (Lipinski definition) is 0. The van der Waals surface area contributed by atoms with Crippen LogP contribution in [0.1, 0.15) is 28.7 Å². The fraction of sp³-hybridized carbons (Fsp3) is 0.435. The van der Waals surface area contributed by atoms with E-state index in [2.05, 4.69) is 0 Å². The van der Waals surface area contributed by atoms with Crippen LogP contribution in [0.4, 0.5) is 4.79 Å². The fourth-order valence-corrected chi connectivity index (χ4v) is 5.84. The maximum Gasteiger partial charge on any atom is 0.410 e. The van der Waals surface area contributed by atoms with Gasteiger partial charge in [0.2, 0.25) is 10.0 Å². The van der Waals surface area contributed by atoms with Crippen molar-refractivity contribution in [1.29, 1.82) is 0 Å². The molecule has 1 aliphatic rings. The largest absolute Gasteiger partial charge is 0.496 e. The van der Waals surface area contributed by atoms with Crippen molar-refractivity contribution < 1.29 is 22.7 Å². The van der Waals surface area contributed by atoms with E-state index in [1.165, 1.54) is 4.31 Å². The molecular formula is C23H30N2O5S. The molecule has 1 saturated heterocycles. The molecule has 8 heteroatoms. The number of hydrogen-bond acceptors (Lipinski definition) is 5. The SMILES string of the molecule is COc1cc(C)c(S(=O)(=O)N2CCCN(C(=O)OCc3ccccc3)CC2)c(C)c1C. The van der Waals surface area contributed by atoms with Crippen molar-refractivity contribution in [3.8, 4) is 5.75 Å². The van der Waals surface area contributed by atoms with Gasteiger partial charge in [0.15, 0.2) is 0 Å². The molecule has 3 rings (SSSR count). The molecule has 0 aromatic heterocycles. The Labute approximate surface area is 184 Å². The van der Waals surface area contributed by atoms with Gasteiger partial charge in [0.25, 0.3) is 0 Å². The van der Waals surface area contributed by atoms with Gasteiger partial charge in [-0.3, -0.25) is 0 Å². The number of aryl methyl sites for hydroxylation is 1. The topological polar surface area (TPSA) is 76.2 Å². The highest BCUT2D eigenvalue weighted by atomic mass is 32.2. The van der Waals surface area contributed by atoms with E-state index in [0.717, 1.165) is 11.1 Å². The van der Waals surface area contributed by atoms with Gasteiger partial charge in [-0.05, 0) is 55.5 Å². The van der Waals surface area contributed by atoms with Crippen LogP contribution in [0.3, 0.4) is 0 Å². The summed E-state index contributed by atoms with van der Waals surface area (Å²) < 4.78 is 39.2. The molecule has 31 heavy (non-hydrogen) atoms. The van der Waals surface area contributed by atoms with Crippen LogP contribution in [0, 0.1) is 20.8 Å². The van der Waals surface area contributed by atoms with Crippen molar-refractivity contribution in [1.82, 2.24) is 9.21 Å². The van der Waals surface area contributed by atoms with E-state index in [1.54, 1.807) is 25.0 Å². The predicted octanol–water partition coefficient (Wildman–Crippen LogP) is 3.65. The Morgan fingerprint density at radius 2 is 1.71 bits per heavy atom. The summed E-state index contributed by atoms with van der Waals surface area (Å²) in [6.45, 7) is 6.98. The van der Waals surface area contributed by atoms with Crippen molar-refractivity contribution in [2.75, 3.05) is 33.3 Å². The summed E-state index contributed by atoms with van der Waals surface area (Å²) in [7, 11) is -2.12. The molecule has 0 spiro atoms. The van der Waals surface area contributed by atoms with E-state index in [1.807, 2.05) is 44.2 Å². The monoisotopic (exact) mass is 446 g/mol. The molecule has 0 atom stereocenters. The van der Waals surface area contributed by atoms with Crippen molar-refractivity contribution in [3.63, 3.8) is 0 Å². The Bertz CT molecular complexity index is 1040. The average molecular weight is 447 g/mol. The van der Waals surface area contributed by atoms with Crippen molar-refractivity contribution in [2.24, 2.45) is 0 Å². The summed E-state index contributed by atoms with van der Waals surface area (Å²) >= 11 is 0. The second-order valence-corrected chi connectivity index (χ2v) is 9.63. The van der Waals surface area contributed by atoms with E-state index >= 15 is 0 Å². The highest BCUT2D eigenvalue weighted by Gasteiger charge is 2.32. The maximum atomic E-state index is 13.5. The number of carbonyl (C=O) groups is 1. The normalized spacial score (nSPS) is 15.4. The third kappa shape index (κ3) is 5.02. The van der Waals surface area contributed by atoms with Crippen molar-refractivity contribution >= 4 is 16.1 Å². The molecule has 2 aromatic carbocycles. The molecule has 0 saturated carbocycles. The van der Waals surface area contributed by atoms with Crippen LogP contribution in [0.2, 0.25) is 0 Å². The Balaban J connectivity index is 1.71. The number of amides is 1. The number of methoxy groups -OCH3 is 1.